The average molecular weight is 451 g/mol. The number of rotatable bonds is 9. The number of nitrogens with one attached hydrogen (secondary N) is 1. The number of nitrogens with zero attached hydrogens (tertiary/aromatic N) is 1. The number of halogens is 2. The van der Waals surface area contributed by atoms with Crippen molar-refractivity contribution in [1.29, 1.82) is 0 Å². The second-order valence-corrected chi connectivity index (χ2v) is 8.15. The molecule has 1 unspecified atom stereocenters. The molecule has 0 aliphatic heterocycles. The minimum atomic E-state index is -0.634. The van der Waals surface area contributed by atoms with Gasteiger partial charge in [0.25, 0.3) is 0 Å². The highest BCUT2D eigenvalue weighted by molar-refractivity contribution is 6.36. The van der Waals surface area contributed by atoms with Crippen LogP contribution in [0.3, 0.4) is 0 Å². The van der Waals surface area contributed by atoms with Crippen LogP contribution in [-0.4, -0.2) is 35.9 Å². The molecule has 0 aromatic heterocycles. The largest absolute Gasteiger partial charge is 0.497 e. The number of benzene rings is 2. The lowest BCUT2D eigenvalue weighted by atomic mass is 10.1. The topological polar surface area (TPSA) is 58.6 Å². The van der Waals surface area contributed by atoms with Gasteiger partial charge in [0.1, 0.15) is 11.8 Å². The Morgan fingerprint density at radius 1 is 1.07 bits per heavy atom. The minimum absolute atomic E-state index is 0.0333. The molecule has 0 heterocycles. The number of hydrogen-bond donors (Lipinski definition) is 1. The van der Waals surface area contributed by atoms with Crippen LogP contribution in [0.15, 0.2) is 42.5 Å². The van der Waals surface area contributed by atoms with Gasteiger partial charge in [0, 0.05) is 28.2 Å². The molecule has 2 amide bonds. The fraction of sp³-hybridized carbons (Fsp3) is 0.391. The van der Waals surface area contributed by atoms with Gasteiger partial charge in [0.15, 0.2) is 0 Å². The Kier molecular flexibility index (Phi) is 9.00. The maximum Gasteiger partial charge on any atom is 0.243 e. The summed E-state index contributed by atoms with van der Waals surface area (Å²) in [5.74, 6) is 0.342. The highest BCUT2D eigenvalue weighted by Gasteiger charge is 2.30. The van der Waals surface area contributed by atoms with Gasteiger partial charge in [0.05, 0.1) is 13.5 Å². The molecule has 0 spiro atoms. The molecule has 2 aromatic carbocycles. The third-order valence-corrected chi connectivity index (χ3v) is 5.43. The predicted octanol–water partition coefficient (Wildman–Crippen LogP) is 4.88. The zero-order valence-electron chi connectivity index (χ0n) is 17.7. The molecule has 0 saturated heterocycles. The number of carbonyl (C=O) groups excluding carboxylic acids is 2. The van der Waals surface area contributed by atoms with Crippen molar-refractivity contribution in [2.24, 2.45) is 0 Å². The monoisotopic (exact) mass is 450 g/mol. The Bertz CT molecular complexity index is 849. The van der Waals surface area contributed by atoms with Crippen LogP contribution in [0.1, 0.15) is 38.3 Å². The third-order valence-electron chi connectivity index (χ3n) is 4.72. The van der Waals surface area contributed by atoms with Crippen molar-refractivity contribution in [2.45, 2.75) is 52.2 Å². The molecule has 30 heavy (non-hydrogen) atoms. The molecule has 0 bridgehead atoms. The lowest BCUT2D eigenvalue weighted by Crippen LogP contribution is -2.50. The van der Waals surface area contributed by atoms with Crippen LogP contribution in [0.25, 0.3) is 0 Å². The summed E-state index contributed by atoms with van der Waals surface area (Å²) in [6.07, 6.45) is 0.618. The van der Waals surface area contributed by atoms with E-state index >= 15 is 0 Å². The molecule has 2 aromatic rings. The number of methoxy groups -OCH3 is 1. The van der Waals surface area contributed by atoms with Crippen LogP contribution >= 0.6 is 23.2 Å². The van der Waals surface area contributed by atoms with E-state index in [1.165, 1.54) is 0 Å². The van der Waals surface area contributed by atoms with E-state index in [9.17, 15) is 9.59 Å². The van der Waals surface area contributed by atoms with E-state index in [0.717, 1.165) is 5.56 Å². The number of amides is 2. The van der Waals surface area contributed by atoms with Crippen LogP contribution in [0.2, 0.25) is 10.0 Å². The molecular formula is C23H28Cl2N2O3. The van der Waals surface area contributed by atoms with Crippen molar-refractivity contribution in [2.75, 3.05) is 7.11 Å². The van der Waals surface area contributed by atoms with Gasteiger partial charge < -0.3 is 15.0 Å². The first-order valence-electron chi connectivity index (χ1n) is 9.92. The van der Waals surface area contributed by atoms with Crippen molar-refractivity contribution < 1.29 is 14.3 Å². The van der Waals surface area contributed by atoms with Crippen LogP contribution in [0.5, 0.6) is 5.75 Å². The molecular weight excluding hydrogens is 423 g/mol. The summed E-state index contributed by atoms with van der Waals surface area (Å²) in [5.41, 5.74) is 1.45. The van der Waals surface area contributed by atoms with Crippen LogP contribution in [0.4, 0.5) is 0 Å². The number of ether oxygens (including phenoxy) is 1. The smallest absolute Gasteiger partial charge is 0.243 e. The lowest BCUT2D eigenvalue weighted by molar-refractivity contribution is -0.141. The average Bonchev–Trinajstić information content (AvgIpc) is 2.70. The molecule has 162 valence electrons. The summed E-state index contributed by atoms with van der Waals surface area (Å²) in [7, 11) is 1.59. The molecule has 1 N–H and O–H groups in total. The predicted molar refractivity (Wildman–Crippen MR) is 121 cm³/mol. The molecule has 1 atom stereocenters. The van der Waals surface area contributed by atoms with Crippen molar-refractivity contribution in [1.82, 2.24) is 10.2 Å². The molecule has 0 fully saturated rings. The minimum Gasteiger partial charge on any atom is -0.497 e. The summed E-state index contributed by atoms with van der Waals surface area (Å²) < 4.78 is 5.17. The maximum absolute atomic E-state index is 13.3. The Morgan fingerprint density at radius 2 is 1.67 bits per heavy atom. The Balaban J connectivity index is 2.35. The van der Waals surface area contributed by atoms with Gasteiger partial charge in [0.2, 0.25) is 11.8 Å². The van der Waals surface area contributed by atoms with Crippen molar-refractivity contribution >= 4 is 35.0 Å². The summed E-state index contributed by atoms with van der Waals surface area (Å²) in [5, 5.41) is 3.83. The number of hydrogen-bond acceptors (Lipinski definition) is 3. The number of carbonyl (C=O) groups is 2. The first-order chi connectivity index (χ1) is 14.3. The van der Waals surface area contributed by atoms with Crippen LogP contribution < -0.4 is 10.1 Å². The van der Waals surface area contributed by atoms with Gasteiger partial charge in [-0.1, -0.05) is 48.3 Å². The molecule has 0 aliphatic carbocycles. The van der Waals surface area contributed by atoms with Gasteiger partial charge >= 0.3 is 0 Å². The molecule has 0 radical (unpaired) electrons. The summed E-state index contributed by atoms with van der Waals surface area (Å²) in [6.45, 7) is 5.81. The van der Waals surface area contributed by atoms with Gasteiger partial charge in [-0.2, -0.15) is 0 Å². The first kappa shape index (κ1) is 24.0. The highest BCUT2D eigenvalue weighted by Crippen LogP contribution is 2.27. The van der Waals surface area contributed by atoms with Gasteiger partial charge in [-0.05, 0) is 50.1 Å². The van der Waals surface area contributed by atoms with Crippen molar-refractivity contribution in [3.63, 3.8) is 0 Å². The Labute approximate surface area is 188 Å². The maximum atomic E-state index is 13.3. The van der Waals surface area contributed by atoms with Gasteiger partial charge in [-0.3, -0.25) is 9.59 Å². The third kappa shape index (κ3) is 6.38. The second kappa shape index (κ2) is 11.2. The van der Waals surface area contributed by atoms with E-state index in [-0.39, 0.29) is 30.8 Å². The summed E-state index contributed by atoms with van der Waals surface area (Å²) >= 11 is 12.7. The summed E-state index contributed by atoms with van der Waals surface area (Å²) in [6, 6.07) is 11.8. The van der Waals surface area contributed by atoms with E-state index in [0.29, 0.717) is 27.8 Å². The quantitative estimate of drug-likeness (QED) is 0.592. The fourth-order valence-corrected chi connectivity index (χ4v) is 3.69. The van der Waals surface area contributed by atoms with E-state index < -0.39 is 6.04 Å². The normalized spacial score (nSPS) is 11.8. The first-order valence-corrected chi connectivity index (χ1v) is 10.7. The van der Waals surface area contributed by atoms with Gasteiger partial charge in [-0.25, -0.2) is 0 Å². The fourth-order valence-electron chi connectivity index (χ4n) is 3.17. The molecule has 5 nitrogen and oxygen atoms in total. The van der Waals surface area contributed by atoms with Crippen LogP contribution in [-0.2, 0) is 22.6 Å². The van der Waals surface area contributed by atoms with Crippen molar-refractivity contribution in [3.05, 3.63) is 63.6 Å². The van der Waals surface area contributed by atoms with E-state index in [1.54, 1.807) is 42.3 Å². The zero-order valence-corrected chi connectivity index (χ0v) is 19.3. The molecule has 0 aliphatic rings. The molecule has 0 saturated carbocycles. The summed E-state index contributed by atoms with van der Waals surface area (Å²) in [4.78, 5) is 27.7. The van der Waals surface area contributed by atoms with E-state index in [4.69, 9.17) is 27.9 Å². The zero-order chi connectivity index (χ0) is 22.3. The molecule has 2 rings (SSSR count). The highest BCUT2D eigenvalue weighted by atomic mass is 35.5. The molecule has 7 heteroatoms. The van der Waals surface area contributed by atoms with Crippen LogP contribution in [0, 0.1) is 0 Å². The van der Waals surface area contributed by atoms with Crippen molar-refractivity contribution in [3.8, 4) is 5.75 Å². The Morgan fingerprint density at radius 3 is 2.17 bits per heavy atom. The van der Waals surface area contributed by atoms with E-state index in [2.05, 4.69) is 5.32 Å². The second-order valence-electron chi connectivity index (χ2n) is 7.33. The van der Waals surface area contributed by atoms with E-state index in [1.807, 2.05) is 32.9 Å². The van der Waals surface area contributed by atoms with Gasteiger partial charge in [-0.15, -0.1) is 0 Å². The lowest BCUT2D eigenvalue weighted by Gasteiger charge is -2.31. The SMILES string of the molecule is CCC(C(=O)NC(C)C)N(Cc1c(Cl)cccc1Cl)C(=O)Cc1ccc(OC)cc1. The Hall–Kier alpha value is -2.24. The standard InChI is InChI=1S/C23H28Cl2N2O3/c1-5-21(23(29)26-15(2)3)27(14-18-19(24)7-6-8-20(18)25)22(28)13-16-9-11-17(30-4)12-10-16/h6-12,15,21H,5,13-14H2,1-4H3,(H,26,29).